The van der Waals surface area contributed by atoms with Crippen LogP contribution < -0.4 is 5.84 Å². The molecule has 2 aliphatic heterocycles. The molecule has 10 heteroatoms. The maximum atomic E-state index is 13.2. The second-order valence-electron chi connectivity index (χ2n) is 10.7. The van der Waals surface area contributed by atoms with Crippen LogP contribution in [0.5, 0.6) is 0 Å². The summed E-state index contributed by atoms with van der Waals surface area (Å²) in [6.07, 6.45) is 3.37. The summed E-state index contributed by atoms with van der Waals surface area (Å²) in [4.78, 5) is 30.5. The lowest BCUT2D eigenvalue weighted by atomic mass is 9.73. The molecule has 0 radical (unpaired) electrons. The number of carbonyl (C=O) groups excluding carboxylic acids is 2. The van der Waals surface area contributed by atoms with Crippen molar-refractivity contribution in [2.24, 2.45) is 28.2 Å². The van der Waals surface area contributed by atoms with Crippen molar-refractivity contribution in [1.82, 2.24) is 4.98 Å². The Morgan fingerprint density at radius 1 is 1.25 bits per heavy atom. The fourth-order valence-corrected chi connectivity index (χ4v) is 5.47. The minimum absolute atomic E-state index is 0.0310. The third-order valence-electron chi connectivity index (χ3n) is 7.50. The van der Waals surface area contributed by atoms with Gasteiger partial charge in [-0.15, -0.1) is 11.3 Å². The van der Waals surface area contributed by atoms with Gasteiger partial charge in [0.1, 0.15) is 16.9 Å². The summed E-state index contributed by atoms with van der Waals surface area (Å²) in [5.74, 6) is 3.60. The minimum Gasteiger partial charge on any atom is -0.458 e. The molecule has 0 aliphatic carbocycles. The summed E-state index contributed by atoms with van der Waals surface area (Å²) in [7, 11) is 0. The number of nitrogens with zero attached hydrogens (tertiary/aromatic N) is 2. The molecule has 0 spiro atoms. The number of carbonyl (C=O) groups is 2. The number of rotatable bonds is 3. The van der Waals surface area contributed by atoms with E-state index in [0.717, 1.165) is 24.8 Å². The number of esters is 1. The van der Waals surface area contributed by atoms with Crippen LogP contribution in [0.25, 0.3) is 6.08 Å². The maximum Gasteiger partial charge on any atom is 0.309 e. The number of hydrazone groups is 1. The van der Waals surface area contributed by atoms with Crippen LogP contribution in [0, 0.1) is 17.3 Å². The van der Waals surface area contributed by atoms with Gasteiger partial charge in [0.25, 0.3) is 0 Å². The van der Waals surface area contributed by atoms with Crippen molar-refractivity contribution in [2.45, 2.75) is 97.2 Å². The van der Waals surface area contributed by atoms with Gasteiger partial charge in [0.15, 0.2) is 0 Å². The Balaban J connectivity index is 1.82. The van der Waals surface area contributed by atoms with Crippen molar-refractivity contribution in [1.29, 1.82) is 0 Å². The number of Topliss-reactive ketones (excluding diaryl/α,β-unsaturated/α-hetero) is 1. The zero-order chi connectivity index (χ0) is 26.6. The molecule has 2 aliphatic rings. The number of nitrogens with two attached hydrogens (primary N) is 1. The average molecular weight is 522 g/mol. The van der Waals surface area contributed by atoms with E-state index in [4.69, 9.17) is 15.3 Å². The lowest BCUT2D eigenvalue weighted by molar-refractivity contribution is -0.154. The Labute approximate surface area is 216 Å². The predicted molar refractivity (Wildman–Crippen MR) is 138 cm³/mol. The standard InChI is InChI=1S/C26H39N3O6S/c1-14-7-6-8-18-20(34-18)10-19(15(2)9-17-13-36-22(29-17)12-28-27)35-23(31)11-21(30)26(4,5)25(33)16(3)24(14)32/h9,12-14,16,18-21,24,30,32H,6-8,10-11,27H2,1-5H3/b15-9+,28-12+/t14-,16+,18+,19-,20-,21-,24-/m0/s1. The van der Waals surface area contributed by atoms with E-state index in [2.05, 4.69) is 10.1 Å². The number of aromatic nitrogens is 1. The van der Waals surface area contributed by atoms with Gasteiger partial charge in [-0.25, -0.2) is 4.98 Å². The number of thiazole rings is 1. The van der Waals surface area contributed by atoms with Crippen LogP contribution in [0.4, 0.5) is 0 Å². The van der Waals surface area contributed by atoms with E-state index in [1.54, 1.807) is 20.8 Å². The minimum atomic E-state index is -1.25. The van der Waals surface area contributed by atoms with Gasteiger partial charge >= 0.3 is 5.97 Å². The van der Waals surface area contributed by atoms with Crippen LogP contribution >= 0.6 is 11.3 Å². The SMILES string of the molecule is C/C(=C\c1csc(/C=N/N)n1)[C@@H]1C[C@@H]2O[C@@H]2CCC[C@H](C)[C@H](O)[C@@H](C)C(=O)C(C)(C)[C@@H](O)CC(=O)O1. The molecule has 3 rings (SSSR count). The highest BCUT2D eigenvalue weighted by atomic mass is 32.1. The maximum absolute atomic E-state index is 13.2. The zero-order valence-corrected chi connectivity index (χ0v) is 22.5. The molecule has 2 fully saturated rings. The highest BCUT2D eigenvalue weighted by molar-refractivity contribution is 7.11. The molecule has 0 bridgehead atoms. The number of fused-ring (bicyclic) bond motifs is 1. The van der Waals surface area contributed by atoms with Crippen LogP contribution in [0.15, 0.2) is 16.1 Å². The summed E-state index contributed by atoms with van der Waals surface area (Å²) in [6.45, 7) is 8.72. The van der Waals surface area contributed by atoms with Crippen LogP contribution in [-0.2, 0) is 19.1 Å². The average Bonchev–Trinajstić information content (AvgIpc) is 3.41. The van der Waals surface area contributed by atoms with Crippen molar-refractivity contribution >= 4 is 35.4 Å². The highest BCUT2D eigenvalue weighted by Gasteiger charge is 2.44. The van der Waals surface area contributed by atoms with Gasteiger partial charge in [0.05, 0.1) is 48.2 Å². The molecule has 3 heterocycles. The lowest BCUT2D eigenvalue weighted by Crippen LogP contribution is -2.45. The molecular weight excluding hydrogens is 482 g/mol. The first-order valence-corrected chi connectivity index (χ1v) is 13.4. The Morgan fingerprint density at radius 2 is 1.97 bits per heavy atom. The topological polar surface area (TPSA) is 148 Å². The monoisotopic (exact) mass is 521 g/mol. The highest BCUT2D eigenvalue weighted by Crippen LogP contribution is 2.36. The number of hydrogen-bond donors (Lipinski definition) is 3. The molecule has 1 aromatic rings. The predicted octanol–water partition coefficient (Wildman–Crippen LogP) is 3.07. The Hall–Kier alpha value is -2.14. The summed E-state index contributed by atoms with van der Waals surface area (Å²) in [5, 5.41) is 27.7. The van der Waals surface area contributed by atoms with Crippen molar-refractivity contribution < 1.29 is 29.3 Å². The summed E-state index contributed by atoms with van der Waals surface area (Å²) in [5.41, 5.74) is 0.288. The van der Waals surface area contributed by atoms with Crippen LogP contribution in [-0.4, -0.2) is 63.7 Å². The molecule has 9 nitrogen and oxygen atoms in total. The zero-order valence-electron chi connectivity index (χ0n) is 21.7. The number of cyclic esters (lactones) is 1. The summed E-state index contributed by atoms with van der Waals surface area (Å²) >= 11 is 1.40. The van der Waals surface area contributed by atoms with Gasteiger partial charge in [0.2, 0.25) is 0 Å². The molecule has 1 aromatic heterocycles. The number of ketones is 1. The van der Waals surface area contributed by atoms with Crippen molar-refractivity contribution in [3.8, 4) is 0 Å². The first-order valence-electron chi connectivity index (χ1n) is 12.6. The Morgan fingerprint density at radius 3 is 2.67 bits per heavy atom. The van der Waals surface area contributed by atoms with E-state index >= 15 is 0 Å². The third-order valence-corrected chi connectivity index (χ3v) is 8.30. The lowest BCUT2D eigenvalue weighted by Gasteiger charge is -2.34. The summed E-state index contributed by atoms with van der Waals surface area (Å²) in [6, 6.07) is 0. The van der Waals surface area contributed by atoms with Gasteiger partial charge in [-0.3, -0.25) is 9.59 Å². The molecular formula is C26H39N3O6S. The van der Waals surface area contributed by atoms with Crippen molar-refractivity contribution in [3.63, 3.8) is 0 Å². The van der Waals surface area contributed by atoms with Crippen molar-refractivity contribution in [3.05, 3.63) is 21.7 Å². The fraction of sp³-hybridized carbons (Fsp3) is 0.692. The molecule has 2 saturated heterocycles. The number of aliphatic hydroxyl groups excluding tert-OH is 2. The van der Waals surface area contributed by atoms with Crippen molar-refractivity contribution in [2.75, 3.05) is 0 Å². The molecule has 200 valence electrons. The molecule has 0 unspecified atom stereocenters. The number of hydrogen-bond acceptors (Lipinski definition) is 10. The number of aliphatic hydroxyl groups is 2. The van der Waals surface area contributed by atoms with Gasteiger partial charge < -0.3 is 25.5 Å². The van der Waals surface area contributed by atoms with Gasteiger partial charge in [0, 0.05) is 17.7 Å². The molecule has 0 amide bonds. The molecule has 36 heavy (non-hydrogen) atoms. The van der Waals surface area contributed by atoms with E-state index < -0.39 is 35.6 Å². The first-order chi connectivity index (χ1) is 16.9. The molecule has 0 saturated carbocycles. The van der Waals surface area contributed by atoms with Crippen LogP contribution in [0.1, 0.15) is 77.4 Å². The van der Waals surface area contributed by atoms with Crippen LogP contribution in [0.3, 0.4) is 0 Å². The number of epoxide rings is 1. The smallest absolute Gasteiger partial charge is 0.309 e. The Bertz CT molecular complexity index is 990. The van der Waals surface area contributed by atoms with E-state index in [-0.39, 0.29) is 30.3 Å². The third kappa shape index (κ3) is 7.00. The number of ether oxygens (including phenoxy) is 2. The largest absolute Gasteiger partial charge is 0.458 e. The Kier molecular flexibility index (Phi) is 9.43. The van der Waals surface area contributed by atoms with Crippen LogP contribution in [0.2, 0.25) is 0 Å². The quantitative estimate of drug-likeness (QED) is 0.181. The summed E-state index contributed by atoms with van der Waals surface area (Å²) < 4.78 is 11.7. The van der Waals surface area contributed by atoms with E-state index in [9.17, 15) is 19.8 Å². The van der Waals surface area contributed by atoms with Gasteiger partial charge in [-0.2, -0.15) is 5.10 Å². The first kappa shape index (κ1) is 28.4. The van der Waals surface area contributed by atoms with Gasteiger partial charge in [-0.05, 0) is 37.3 Å². The second-order valence-corrected chi connectivity index (χ2v) is 11.6. The fourth-order valence-electron chi connectivity index (χ4n) is 4.83. The molecule has 7 atom stereocenters. The van der Waals surface area contributed by atoms with Gasteiger partial charge in [-0.1, -0.05) is 34.1 Å². The molecule has 0 aromatic carbocycles. The van der Waals surface area contributed by atoms with E-state index in [0.29, 0.717) is 17.1 Å². The van der Waals surface area contributed by atoms with E-state index in [1.165, 1.54) is 17.6 Å². The molecule has 4 N–H and O–H groups in total. The van der Waals surface area contributed by atoms with E-state index in [1.807, 2.05) is 25.3 Å². The second kappa shape index (κ2) is 11.9. The normalized spacial score (nSPS) is 34.9.